The van der Waals surface area contributed by atoms with E-state index in [1.807, 2.05) is 6.92 Å². The highest BCUT2D eigenvalue weighted by atomic mass is 32.2. The van der Waals surface area contributed by atoms with Gasteiger partial charge in [-0.2, -0.15) is 0 Å². The fourth-order valence-corrected chi connectivity index (χ4v) is 4.92. The summed E-state index contributed by atoms with van der Waals surface area (Å²) in [6, 6.07) is 0. The van der Waals surface area contributed by atoms with Gasteiger partial charge in [-0.05, 0) is 43.2 Å². The van der Waals surface area contributed by atoms with E-state index in [1.165, 1.54) is 0 Å². The van der Waals surface area contributed by atoms with Crippen molar-refractivity contribution < 1.29 is 17.8 Å². The Kier molecular flexibility index (Phi) is 9.08. The first-order valence-electron chi connectivity index (χ1n) is 8.74. The first-order valence-corrected chi connectivity index (χ1v) is 16.0. The molecular formula is C17H40O4SSi2. The summed E-state index contributed by atoms with van der Waals surface area (Å²) in [5, 5.41) is 0.314. The van der Waals surface area contributed by atoms with Gasteiger partial charge in [0.2, 0.25) is 0 Å². The van der Waals surface area contributed by atoms with Crippen molar-refractivity contribution in [2.45, 2.75) is 90.8 Å². The van der Waals surface area contributed by atoms with E-state index in [9.17, 15) is 4.21 Å². The summed E-state index contributed by atoms with van der Waals surface area (Å²) in [6.07, 6.45) is -0.0593. The van der Waals surface area contributed by atoms with Crippen LogP contribution < -0.4 is 0 Å². The summed E-state index contributed by atoms with van der Waals surface area (Å²) in [5.41, 5.74) is 0. The summed E-state index contributed by atoms with van der Waals surface area (Å²) in [7, 11) is -4.73. The normalized spacial score (nSPS) is 17.0. The minimum Gasteiger partial charge on any atom is -0.414 e. The van der Waals surface area contributed by atoms with E-state index in [4.69, 9.17) is 13.6 Å². The van der Waals surface area contributed by atoms with Gasteiger partial charge in [0, 0.05) is 0 Å². The Balaban J connectivity index is 4.20. The van der Waals surface area contributed by atoms with E-state index in [0.717, 1.165) is 0 Å². The van der Waals surface area contributed by atoms with Gasteiger partial charge < -0.3 is 13.6 Å². The van der Waals surface area contributed by atoms with Gasteiger partial charge in [0.15, 0.2) is 16.6 Å². The van der Waals surface area contributed by atoms with Crippen molar-refractivity contribution in [3.8, 4) is 0 Å². The highest BCUT2D eigenvalue weighted by Crippen LogP contribution is 2.37. The highest BCUT2D eigenvalue weighted by molar-refractivity contribution is 7.84. The molecule has 7 heteroatoms. The van der Waals surface area contributed by atoms with Crippen LogP contribution in [0.3, 0.4) is 0 Å². The van der Waals surface area contributed by atoms with Crippen molar-refractivity contribution >= 4 is 27.4 Å². The fourth-order valence-electron chi connectivity index (χ4n) is 1.25. The van der Waals surface area contributed by atoms with Gasteiger partial charge in [-0.3, -0.25) is 4.21 Å². The number of ether oxygens (including phenoxy) is 1. The Morgan fingerprint density at radius 1 is 0.833 bits per heavy atom. The molecule has 0 aromatic carbocycles. The third-order valence-corrected chi connectivity index (χ3v) is 15.3. The lowest BCUT2D eigenvalue weighted by molar-refractivity contribution is 0.0551. The Hall–Kier alpha value is 0.464. The molecule has 0 aliphatic heterocycles. The van der Waals surface area contributed by atoms with Crippen LogP contribution in [0, 0.1) is 0 Å². The monoisotopic (exact) mass is 396 g/mol. The Bertz CT molecular complexity index is 412. The first-order chi connectivity index (χ1) is 10.5. The molecule has 0 amide bonds. The summed E-state index contributed by atoms with van der Waals surface area (Å²) in [4.78, 5) is 0. The molecule has 146 valence electrons. The topological polar surface area (TPSA) is 44.8 Å². The second kappa shape index (κ2) is 8.91. The van der Waals surface area contributed by atoms with Crippen LogP contribution in [0.1, 0.15) is 48.5 Å². The average molecular weight is 397 g/mol. The van der Waals surface area contributed by atoms with E-state index < -0.39 is 27.4 Å². The SMILES string of the molecule is CC(CO[Si](C)(C)C(C)(C)C)OCS(=O)CO[Si](C)(C)C(C)(C)C. The molecule has 0 heterocycles. The minimum absolute atomic E-state index is 0.0593. The number of hydrogen-bond donors (Lipinski definition) is 0. The van der Waals surface area contributed by atoms with Gasteiger partial charge in [0.05, 0.1) is 23.5 Å². The second-order valence-electron chi connectivity index (χ2n) is 9.63. The van der Waals surface area contributed by atoms with E-state index in [-0.39, 0.29) is 28.1 Å². The summed E-state index contributed by atoms with van der Waals surface area (Å²) in [6.45, 7) is 24.5. The van der Waals surface area contributed by atoms with Gasteiger partial charge in [-0.1, -0.05) is 41.5 Å². The van der Waals surface area contributed by atoms with Crippen LogP contribution in [0.5, 0.6) is 0 Å². The Morgan fingerprint density at radius 2 is 1.25 bits per heavy atom. The molecule has 24 heavy (non-hydrogen) atoms. The molecule has 2 unspecified atom stereocenters. The zero-order valence-corrected chi connectivity index (χ0v) is 20.6. The van der Waals surface area contributed by atoms with Crippen LogP contribution in [-0.4, -0.2) is 45.4 Å². The minimum atomic E-state index is -1.85. The van der Waals surface area contributed by atoms with Crippen molar-refractivity contribution in [2.24, 2.45) is 0 Å². The molecule has 0 aliphatic carbocycles. The highest BCUT2D eigenvalue weighted by Gasteiger charge is 2.38. The van der Waals surface area contributed by atoms with Crippen LogP contribution in [0.4, 0.5) is 0 Å². The number of rotatable bonds is 9. The summed E-state index contributed by atoms with van der Waals surface area (Å²) >= 11 is 0. The third kappa shape index (κ3) is 8.23. The van der Waals surface area contributed by atoms with Gasteiger partial charge >= 0.3 is 0 Å². The third-order valence-electron chi connectivity index (χ3n) is 5.33. The van der Waals surface area contributed by atoms with Crippen LogP contribution >= 0.6 is 0 Å². The maximum Gasteiger partial charge on any atom is 0.193 e. The van der Waals surface area contributed by atoms with Gasteiger partial charge in [0.1, 0.15) is 11.9 Å². The zero-order valence-electron chi connectivity index (χ0n) is 17.7. The zero-order chi connectivity index (χ0) is 19.4. The first kappa shape index (κ1) is 24.5. The molecule has 0 saturated heterocycles. The van der Waals surface area contributed by atoms with Crippen molar-refractivity contribution in [3.05, 3.63) is 0 Å². The number of hydrogen-bond acceptors (Lipinski definition) is 4. The molecule has 0 saturated carbocycles. The molecular weight excluding hydrogens is 356 g/mol. The maximum absolute atomic E-state index is 12.1. The van der Waals surface area contributed by atoms with Gasteiger partial charge in [0.25, 0.3) is 0 Å². The van der Waals surface area contributed by atoms with Crippen LogP contribution in [0.2, 0.25) is 36.3 Å². The lowest BCUT2D eigenvalue weighted by Gasteiger charge is -2.37. The molecule has 0 spiro atoms. The molecule has 0 bridgehead atoms. The van der Waals surface area contributed by atoms with Crippen molar-refractivity contribution in [1.82, 2.24) is 0 Å². The van der Waals surface area contributed by atoms with Crippen LogP contribution in [0.25, 0.3) is 0 Å². The van der Waals surface area contributed by atoms with E-state index in [2.05, 4.69) is 67.7 Å². The van der Waals surface area contributed by atoms with E-state index >= 15 is 0 Å². The van der Waals surface area contributed by atoms with Gasteiger partial charge in [-0.15, -0.1) is 0 Å². The molecule has 2 atom stereocenters. The standard InChI is InChI=1S/C17H40O4SSi2/c1-15(12-20-23(8,9)16(2,3)4)19-13-22(18)14-21-24(10,11)17(5,6)7/h15H,12-14H2,1-11H3. The predicted octanol–water partition coefficient (Wildman–Crippen LogP) is 5.10. The molecule has 0 aromatic heterocycles. The largest absolute Gasteiger partial charge is 0.414 e. The molecule has 0 aliphatic rings. The molecule has 0 rings (SSSR count). The molecule has 0 radical (unpaired) electrons. The lowest BCUT2D eigenvalue weighted by atomic mass is 10.2. The van der Waals surface area contributed by atoms with Crippen LogP contribution in [-0.2, 0) is 24.4 Å². The van der Waals surface area contributed by atoms with Crippen molar-refractivity contribution in [2.75, 3.05) is 18.5 Å². The Labute approximate surface area is 154 Å². The molecule has 0 N–H and O–H groups in total. The van der Waals surface area contributed by atoms with E-state index in [0.29, 0.717) is 6.61 Å². The summed E-state index contributed by atoms with van der Waals surface area (Å²) < 4.78 is 29.9. The second-order valence-corrected chi connectivity index (χ2v) is 20.6. The summed E-state index contributed by atoms with van der Waals surface area (Å²) in [5.74, 6) is 0.461. The molecule has 0 aromatic rings. The predicted molar refractivity (Wildman–Crippen MR) is 110 cm³/mol. The average Bonchev–Trinajstić information content (AvgIpc) is 2.38. The molecule has 4 nitrogen and oxygen atoms in total. The molecule has 0 fully saturated rings. The van der Waals surface area contributed by atoms with Crippen molar-refractivity contribution in [3.63, 3.8) is 0 Å². The van der Waals surface area contributed by atoms with Crippen molar-refractivity contribution in [1.29, 1.82) is 0 Å². The Morgan fingerprint density at radius 3 is 1.67 bits per heavy atom. The van der Waals surface area contributed by atoms with E-state index in [1.54, 1.807) is 0 Å². The fraction of sp³-hybridized carbons (Fsp3) is 1.00. The smallest absolute Gasteiger partial charge is 0.193 e. The lowest BCUT2D eigenvalue weighted by Crippen LogP contribution is -2.43. The van der Waals surface area contributed by atoms with Crippen LogP contribution in [0.15, 0.2) is 0 Å². The van der Waals surface area contributed by atoms with Gasteiger partial charge in [-0.25, -0.2) is 0 Å². The quantitative estimate of drug-likeness (QED) is 0.509. The maximum atomic E-state index is 12.1.